The summed E-state index contributed by atoms with van der Waals surface area (Å²) in [7, 11) is 5.56. The molecule has 0 fully saturated rings. The fraction of sp³-hybridized carbons (Fsp3) is 0.600. The van der Waals surface area contributed by atoms with Crippen molar-refractivity contribution in [1.29, 1.82) is 0 Å². The molecule has 1 aromatic rings. The third kappa shape index (κ3) is 3.36. The van der Waals surface area contributed by atoms with E-state index in [9.17, 15) is 4.79 Å². The predicted molar refractivity (Wildman–Crippen MR) is 58.2 cm³/mol. The average molecular weight is 210 g/mol. The number of amides is 1. The van der Waals surface area contributed by atoms with E-state index in [1.807, 2.05) is 24.9 Å². The quantitative estimate of drug-likeness (QED) is 0.743. The predicted octanol–water partition coefficient (Wildman–Crippen LogP) is -0.0120. The molecule has 1 rings (SSSR count). The zero-order valence-corrected chi connectivity index (χ0v) is 9.53. The van der Waals surface area contributed by atoms with Crippen LogP contribution in [0.15, 0.2) is 12.4 Å². The minimum atomic E-state index is 0.132. The lowest BCUT2D eigenvalue weighted by atomic mass is 10.3. The van der Waals surface area contributed by atoms with Crippen molar-refractivity contribution < 1.29 is 4.79 Å². The molecular weight excluding hydrogens is 192 g/mol. The number of aryl methyl sites for hydroxylation is 1. The van der Waals surface area contributed by atoms with Crippen LogP contribution in [-0.4, -0.2) is 41.0 Å². The first-order valence-electron chi connectivity index (χ1n) is 5.00. The number of carbonyl (C=O) groups is 1. The van der Waals surface area contributed by atoms with Crippen molar-refractivity contribution in [2.45, 2.75) is 13.0 Å². The van der Waals surface area contributed by atoms with Gasteiger partial charge in [-0.1, -0.05) is 0 Å². The van der Waals surface area contributed by atoms with Gasteiger partial charge >= 0.3 is 0 Å². The van der Waals surface area contributed by atoms with Gasteiger partial charge < -0.3 is 14.8 Å². The minimum Gasteiger partial charge on any atom is -0.338 e. The summed E-state index contributed by atoms with van der Waals surface area (Å²) >= 11 is 0. The third-order valence-corrected chi connectivity index (χ3v) is 2.31. The lowest BCUT2D eigenvalue weighted by Gasteiger charge is -2.16. The van der Waals surface area contributed by atoms with E-state index >= 15 is 0 Å². The Balaban J connectivity index is 2.45. The SMILES string of the molecule is CNCCC(=O)N(C)Cc1nccn1C. The number of rotatable bonds is 5. The summed E-state index contributed by atoms with van der Waals surface area (Å²) in [6.07, 6.45) is 4.14. The number of carbonyl (C=O) groups excluding carboxylic acids is 1. The van der Waals surface area contributed by atoms with Crippen molar-refractivity contribution in [3.63, 3.8) is 0 Å². The van der Waals surface area contributed by atoms with Crippen LogP contribution in [0, 0.1) is 0 Å². The molecule has 0 unspecified atom stereocenters. The summed E-state index contributed by atoms with van der Waals surface area (Å²) < 4.78 is 1.92. The molecule has 0 aliphatic rings. The number of nitrogens with zero attached hydrogens (tertiary/aromatic N) is 3. The number of hydrogen-bond acceptors (Lipinski definition) is 3. The first-order chi connectivity index (χ1) is 7.15. The highest BCUT2D eigenvalue weighted by molar-refractivity contribution is 5.75. The normalized spacial score (nSPS) is 10.3. The topological polar surface area (TPSA) is 50.2 Å². The van der Waals surface area contributed by atoms with Crippen LogP contribution in [0.25, 0.3) is 0 Å². The summed E-state index contributed by atoms with van der Waals surface area (Å²) in [6, 6.07) is 0. The molecule has 0 atom stereocenters. The Morgan fingerprint density at radius 3 is 2.93 bits per heavy atom. The van der Waals surface area contributed by atoms with Crippen LogP contribution in [0.1, 0.15) is 12.2 Å². The molecule has 1 amide bonds. The van der Waals surface area contributed by atoms with Gasteiger partial charge in [0.05, 0.1) is 6.54 Å². The summed E-state index contributed by atoms with van der Waals surface area (Å²) in [5.41, 5.74) is 0. The maximum Gasteiger partial charge on any atom is 0.223 e. The Labute approximate surface area is 90.1 Å². The van der Waals surface area contributed by atoms with Gasteiger partial charge in [0, 0.05) is 39.5 Å². The van der Waals surface area contributed by atoms with Crippen molar-refractivity contribution in [3.05, 3.63) is 18.2 Å². The summed E-state index contributed by atoms with van der Waals surface area (Å²) in [4.78, 5) is 17.5. The molecule has 0 spiro atoms. The molecule has 15 heavy (non-hydrogen) atoms. The van der Waals surface area contributed by atoms with E-state index in [1.165, 1.54) is 0 Å². The minimum absolute atomic E-state index is 0.132. The second-order valence-corrected chi connectivity index (χ2v) is 3.56. The van der Waals surface area contributed by atoms with Crippen molar-refractivity contribution in [2.75, 3.05) is 20.6 Å². The van der Waals surface area contributed by atoms with E-state index in [1.54, 1.807) is 18.1 Å². The molecule has 0 aliphatic carbocycles. The Bertz CT molecular complexity index is 321. The Morgan fingerprint density at radius 2 is 2.40 bits per heavy atom. The molecule has 0 bridgehead atoms. The summed E-state index contributed by atoms with van der Waals surface area (Å²) in [6.45, 7) is 1.27. The largest absolute Gasteiger partial charge is 0.338 e. The zero-order chi connectivity index (χ0) is 11.3. The van der Waals surface area contributed by atoms with Crippen LogP contribution >= 0.6 is 0 Å². The fourth-order valence-electron chi connectivity index (χ4n) is 1.27. The monoisotopic (exact) mass is 210 g/mol. The van der Waals surface area contributed by atoms with Crippen LogP contribution in [0.2, 0.25) is 0 Å². The molecule has 5 nitrogen and oxygen atoms in total. The van der Waals surface area contributed by atoms with Crippen LogP contribution in [-0.2, 0) is 18.4 Å². The second kappa shape index (κ2) is 5.50. The maximum absolute atomic E-state index is 11.6. The Hall–Kier alpha value is -1.36. The second-order valence-electron chi connectivity index (χ2n) is 3.56. The van der Waals surface area contributed by atoms with E-state index in [2.05, 4.69) is 10.3 Å². The fourth-order valence-corrected chi connectivity index (χ4v) is 1.27. The number of aromatic nitrogens is 2. The number of hydrogen-bond donors (Lipinski definition) is 1. The molecule has 1 N–H and O–H groups in total. The molecule has 0 saturated heterocycles. The van der Waals surface area contributed by atoms with Gasteiger partial charge in [-0.15, -0.1) is 0 Å². The van der Waals surface area contributed by atoms with Crippen molar-refractivity contribution in [2.24, 2.45) is 7.05 Å². The molecule has 84 valence electrons. The van der Waals surface area contributed by atoms with Gasteiger partial charge in [-0.05, 0) is 7.05 Å². The highest BCUT2D eigenvalue weighted by atomic mass is 16.2. The van der Waals surface area contributed by atoms with Crippen LogP contribution in [0.4, 0.5) is 0 Å². The molecule has 0 aliphatic heterocycles. The molecule has 5 heteroatoms. The van der Waals surface area contributed by atoms with Crippen molar-refractivity contribution >= 4 is 5.91 Å². The van der Waals surface area contributed by atoms with E-state index < -0.39 is 0 Å². The number of nitrogens with one attached hydrogen (secondary N) is 1. The lowest BCUT2D eigenvalue weighted by Crippen LogP contribution is -2.29. The average Bonchev–Trinajstić information content (AvgIpc) is 2.61. The van der Waals surface area contributed by atoms with Crippen LogP contribution in [0.3, 0.4) is 0 Å². The van der Waals surface area contributed by atoms with Crippen molar-refractivity contribution in [1.82, 2.24) is 19.8 Å². The van der Waals surface area contributed by atoms with Gasteiger partial charge in [-0.3, -0.25) is 4.79 Å². The molecule has 1 aromatic heterocycles. The molecular formula is C10H18N4O. The Kier molecular flexibility index (Phi) is 4.30. The standard InChI is InChI=1S/C10H18N4O/c1-11-5-4-10(15)14(3)8-9-12-6-7-13(9)2/h6-7,11H,4-5,8H2,1-3H3. The maximum atomic E-state index is 11.6. The summed E-state index contributed by atoms with van der Waals surface area (Å²) in [5.74, 6) is 1.03. The first-order valence-corrected chi connectivity index (χ1v) is 5.00. The van der Waals surface area contributed by atoms with E-state index in [0.717, 1.165) is 5.82 Å². The van der Waals surface area contributed by atoms with E-state index in [4.69, 9.17) is 0 Å². The molecule has 0 saturated carbocycles. The lowest BCUT2D eigenvalue weighted by molar-refractivity contribution is -0.130. The third-order valence-electron chi connectivity index (χ3n) is 2.31. The summed E-state index contributed by atoms with van der Waals surface area (Å²) in [5, 5.41) is 2.96. The first kappa shape index (κ1) is 11.7. The van der Waals surface area contributed by atoms with Gasteiger partial charge in [0.2, 0.25) is 5.91 Å². The van der Waals surface area contributed by atoms with Crippen LogP contribution < -0.4 is 5.32 Å². The van der Waals surface area contributed by atoms with Gasteiger partial charge in [0.15, 0.2) is 0 Å². The molecule has 0 aromatic carbocycles. The van der Waals surface area contributed by atoms with Gasteiger partial charge in [0.25, 0.3) is 0 Å². The van der Waals surface area contributed by atoms with Gasteiger partial charge in [-0.2, -0.15) is 0 Å². The number of imidazole rings is 1. The Morgan fingerprint density at radius 1 is 1.67 bits per heavy atom. The van der Waals surface area contributed by atoms with E-state index in [0.29, 0.717) is 19.5 Å². The van der Waals surface area contributed by atoms with Crippen molar-refractivity contribution in [3.8, 4) is 0 Å². The highest BCUT2D eigenvalue weighted by Crippen LogP contribution is 2.00. The van der Waals surface area contributed by atoms with Crippen LogP contribution in [0.5, 0.6) is 0 Å². The molecule has 0 radical (unpaired) electrons. The van der Waals surface area contributed by atoms with Gasteiger partial charge in [0.1, 0.15) is 5.82 Å². The highest BCUT2D eigenvalue weighted by Gasteiger charge is 2.10. The smallest absolute Gasteiger partial charge is 0.223 e. The molecule has 1 heterocycles. The zero-order valence-electron chi connectivity index (χ0n) is 9.53. The van der Waals surface area contributed by atoms with Gasteiger partial charge in [-0.25, -0.2) is 4.98 Å². The van der Waals surface area contributed by atoms with E-state index in [-0.39, 0.29) is 5.91 Å².